The molecular weight excluding hydrogens is 432 g/mol. The number of methoxy groups -OCH3 is 1. The summed E-state index contributed by atoms with van der Waals surface area (Å²) in [5.74, 6) is 0.0800. The maximum absolute atomic E-state index is 13.0. The summed E-state index contributed by atoms with van der Waals surface area (Å²) in [6, 6.07) is 8.93. The van der Waals surface area contributed by atoms with Crippen molar-refractivity contribution in [2.45, 2.75) is 40.3 Å². The second-order valence-electron chi connectivity index (χ2n) is 8.32. The van der Waals surface area contributed by atoms with Crippen LogP contribution in [0.15, 0.2) is 56.3 Å². The fourth-order valence-corrected chi connectivity index (χ4v) is 4.40. The Hall–Kier alpha value is -3.78. The number of aliphatic imine (C=N–C) groups is 1. The van der Waals surface area contributed by atoms with Gasteiger partial charge in [-0.25, -0.2) is 9.78 Å². The van der Waals surface area contributed by atoms with Crippen LogP contribution in [0.25, 0.3) is 27.6 Å². The van der Waals surface area contributed by atoms with Crippen molar-refractivity contribution in [3.8, 4) is 5.75 Å². The van der Waals surface area contributed by atoms with Crippen LogP contribution >= 0.6 is 0 Å². The van der Waals surface area contributed by atoms with Crippen LogP contribution < -0.4 is 10.5 Å². The van der Waals surface area contributed by atoms with Gasteiger partial charge in [0.15, 0.2) is 5.58 Å². The minimum atomic E-state index is -0.542. The average Bonchev–Trinajstić information content (AvgIpc) is 3.19. The molecule has 3 heterocycles. The molecule has 0 aliphatic rings. The van der Waals surface area contributed by atoms with Gasteiger partial charge >= 0.3 is 5.76 Å². The molecule has 0 amide bonds. The number of ether oxygens (including phenoxy) is 1. The van der Waals surface area contributed by atoms with Crippen molar-refractivity contribution in [1.82, 2.24) is 14.5 Å². The molecule has 0 spiro atoms. The molecule has 0 saturated carbocycles. The second-order valence-corrected chi connectivity index (χ2v) is 8.32. The number of hydrogen-bond donors (Lipinski definition) is 1. The van der Waals surface area contributed by atoms with E-state index in [2.05, 4.69) is 15.0 Å². The zero-order chi connectivity index (χ0) is 24.6. The molecule has 176 valence electrons. The zero-order valence-electron chi connectivity index (χ0n) is 20.2. The minimum absolute atomic E-state index is 0.256. The first-order chi connectivity index (χ1) is 16.3. The predicted molar refractivity (Wildman–Crippen MR) is 134 cm³/mol. The zero-order valence-corrected chi connectivity index (χ0v) is 20.2. The first-order valence-corrected chi connectivity index (χ1v) is 11.0. The largest absolute Gasteiger partial charge is 0.496 e. The Labute approximate surface area is 197 Å². The summed E-state index contributed by atoms with van der Waals surface area (Å²) < 4.78 is 12.9. The molecule has 1 aromatic carbocycles. The molecule has 3 aromatic heterocycles. The fourth-order valence-electron chi connectivity index (χ4n) is 4.40. The van der Waals surface area contributed by atoms with Crippen molar-refractivity contribution in [2.24, 2.45) is 4.99 Å². The Morgan fingerprint density at radius 2 is 2.03 bits per heavy atom. The van der Waals surface area contributed by atoms with Gasteiger partial charge in [0.2, 0.25) is 0 Å². The number of aliphatic hydroxyl groups excluding tert-OH is 1. The highest BCUT2D eigenvalue weighted by Gasteiger charge is 2.24. The van der Waals surface area contributed by atoms with Gasteiger partial charge in [0.25, 0.3) is 0 Å². The Bertz CT molecular complexity index is 1490. The van der Waals surface area contributed by atoms with Gasteiger partial charge in [-0.3, -0.25) is 14.5 Å². The van der Waals surface area contributed by atoms with Gasteiger partial charge in [0.05, 0.1) is 31.0 Å². The molecule has 4 rings (SSSR count). The van der Waals surface area contributed by atoms with Crippen molar-refractivity contribution in [2.75, 3.05) is 14.2 Å². The van der Waals surface area contributed by atoms with Crippen LogP contribution in [0, 0.1) is 0 Å². The van der Waals surface area contributed by atoms with Gasteiger partial charge < -0.3 is 14.3 Å². The molecule has 0 radical (unpaired) electrons. The molecule has 34 heavy (non-hydrogen) atoms. The van der Waals surface area contributed by atoms with Gasteiger partial charge in [0, 0.05) is 35.5 Å². The third kappa shape index (κ3) is 3.80. The van der Waals surface area contributed by atoms with E-state index < -0.39 is 11.8 Å². The molecule has 8 nitrogen and oxygen atoms in total. The lowest BCUT2D eigenvalue weighted by Crippen LogP contribution is -2.20. The molecule has 0 bridgehead atoms. The van der Waals surface area contributed by atoms with E-state index in [9.17, 15) is 9.90 Å². The number of aliphatic hydroxyl groups is 1. The lowest BCUT2D eigenvalue weighted by Gasteiger charge is -2.17. The van der Waals surface area contributed by atoms with E-state index in [0.29, 0.717) is 33.6 Å². The summed E-state index contributed by atoms with van der Waals surface area (Å²) in [5, 5.41) is 10.7. The van der Waals surface area contributed by atoms with E-state index in [1.54, 1.807) is 24.9 Å². The van der Waals surface area contributed by atoms with Crippen LogP contribution in [0.2, 0.25) is 0 Å². The predicted octanol–water partition coefficient (Wildman–Crippen LogP) is 4.53. The van der Waals surface area contributed by atoms with Gasteiger partial charge in [-0.2, -0.15) is 0 Å². The topological polar surface area (TPSA) is 103 Å². The maximum Gasteiger partial charge on any atom is 0.420 e. The van der Waals surface area contributed by atoms with E-state index in [1.165, 1.54) is 0 Å². The molecule has 0 fully saturated rings. The Morgan fingerprint density at radius 3 is 2.62 bits per heavy atom. The summed E-state index contributed by atoms with van der Waals surface area (Å²) in [6.07, 6.45) is 1.69. The van der Waals surface area contributed by atoms with E-state index in [1.807, 2.05) is 58.0 Å². The Balaban J connectivity index is 2.13. The van der Waals surface area contributed by atoms with Crippen LogP contribution in [0.4, 0.5) is 0 Å². The standard InChI is InChI=1S/C26H28N4O4/c1-14(2)23(15(3)27-5)18-11-20-17(12-22(18)33-6)24-25(21(13-31)29-20)34-26(32)30(24)16(4)19-9-7-8-10-28-19/h7-12,16,31H,13H2,1-6H3/b27-15-/t16-/m1/s1. The van der Waals surface area contributed by atoms with Crippen molar-refractivity contribution >= 4 is 33.3 Å². The number of hydrogen-bond acceptors (Lipinski definition) is 7. The molecule has 0 unspecified atom stereocenters. The van der Waals surface area contributed by atoms with Crippen molar-refractivity contribution in [3.05, 3.63) is 69.6 Å². The first kappa shape index (κ1) is 23.4. The highest BCUT2D eigenvalue weighted by Crippen LogP contribution is 2.37. The number of benzene rings is 1. The maximum atomic E-state index is 13.0. The number of allylic oxidation sites excluding steroid dienone is 2. The third-order valence-corrected chi connectivity index (χ3v) is 6.05. The summed E-state index contributed by atoms with van der Waals surface area (Å²) in [4.78, 5) is 26.4. The molecule has 1 atom stereocenters. The molecule has 0 aliphatic heterocycles. The number of fused-ring (bicyclic) bond motifs is 3. The van der Waals surface area contributed by atoms with Crippen LogP contribution in [-0.4, -0.2) is 39.5 Å². The SMILES string of the molecule is C/N=C(/C)C(=C(C)C)c1cc2nc(CO)c3oc(=O)n([C@H](C)c4ccccn4)c3c2cc1OC. The molecular formula is C26H28N4O4. The average molecular weight is 461 g/mol. The number of pyridine rings is 2. The summed E-state index contributed by atoms with van der Waals surface area (Å²) >= 11 is 0. The molecule has 1 N–H and O–H groups in total. The number of aromatic nitrogens is 3. The summed E-state index contributed by atoms with van der Waals surface area (Å²) in [6.45, 7) is 7.50. The third-order valence-electron chi connectivity index (χ3n) is 6.05. The second kappa shape index (κ2) is 9.23. The quantitative estimate of drug-likeness (QED) is 0.424. The first-order valence-electron chi connectivity index (χ1n) is 11.0. The lowest BCUT2D eigenvalue weighted by molar-refractivity contribution is 0.277. The van der Waals surface area contributed by atoms with Crippen LogP contribution in [0.1, 0.15) is 50.7 Å². The van der Waals surface area contributed by atoms with E-state index >= 15 is 0 Å². The van der Waals surface area contributed by atoms with Gasteiger partial charge in [-0.15, -0.1) is 0 Å². The van der Waals surface area contributed by atoms with Gasteiger partial charge in [-0.1, -0.05) is 11.6 Å². The van der Waals surface area contributed by atoms with Gasteiger partial charge in [-0.05, 0) is 52.0 Å². The molecule has 0 saturated heterocycles. The van der Waals surface area contributed by atoms with E-state index in [4.69, 9.17) is 9.15 Å². The monoisotopic (exact) mass is 460 g/mol. The normalized spacial score (nSPS) is 12.9. The van der Waals surface area contributed by atoms with Crippen LogP contribution in [0.5, 0.6) is 5.75 Å². The van der Waals surface area contributed by atoms with Crippen molar-refractivity contribution in [1.29, 1.82) is 0 Å². The van der Waals surface area contributed by atoms with E-state index in [-0.39, 0.29) is 12.2 Å². The van der Waals surface area contributed by atoms with Gasteiger partial charge in [0.1, 0.15) is 17.0 Å². The minimum Gasteiger partial charge on any atom is -0.496 e. The molecule has 0 aliphatic carbocycles. The highest BCUT2D eigenvalue weighted by atomic mass is 16.5. The number of rotatable bonds is 6. The smallest absolute Gasteiger partial charge is 0.420 e. The highest BCUT2D eigenvalue weighted by molar-refractivity contribution is 6.24. The summed E-state index contributed by atoms with van der Waals surface area (Å²) in [5.41, 5.74) is 6.16. The number of nitrogens with zero attached hydrogens (tertiary/aromatic N) is 4. The van der Waals surface area contributed by atoms with Crippen molar-refractivity contribution in [3.63, 3.8) is 0 Å². The van der Waals surface area contributed by atoms with Crippen LogP contribution in [0.3, 0.4) is 0 Å². The van der Waals surface area contributed by atoms with Crippen molar-refractivity contribution < 1.29 is 14.3 Å². The molecule has 4 aromatic rings. The molecule has 8 heteroatoms. The van der Waals surface area contributed by atoms with E-state index in [0.717, 1.165) is 22.4 Å². The Kier molecular flexibility index (Phi) is 6.34. The lowest BCUT2D eigenvalue weighted by atomic mass is 9.95. The number of oxazole rings is 1. The van der Waals surface area contributed by atoms with Crippen LogP contribution in [-0.2, 0) is 6.61 Å². The summed E-state index contributed by atoms with van der Waals surface area (Å²) in [7, 11) is 3.36. The Morgan fingerprint density at radius 1 is 1.26 bits per heavy atom. The fraction of sp³-hybridized carbons (Fsp3) is 0.308.